The van der Waals surface area contributed by atoms with Crippen molar-refractivity contribution in [3.8, 4) is 0 Å². The molecule has 192 valence electrons. The van der Waals surface area contributed by atoms with Crippen LogP contribution in [0.1, 0.15) is 59.9 Å². The molecule has 0 saturated carbocycles. The summed E-state index contributed by atoms with van der Waals surface area (Å²) in [7, 11) is 0. The van der Waals surface area contributed by atoms with Crippen LogP contribution in [0, 0.1) is 17.8 Å². The van der Waals surface area contributed by atoms with E-state index in [-0.39, 0.29) is 30.2 Å². The maximum atomic E-state index is 14.1. The highest BCUT2D eigenvalue weighted by Gasteiger charge is 2.78. The molecule has 3 aliphatic rings. The molecule has 1 spiro atoms. The topological polar surface area (TPSA) is 108 Å². The number of nitrogens with one attached hydrogen (secondary N) is 2. The largest absolute Gasteiger partial charge is 0.394 e. The van der Waals surface area contributed by atoms with Gasteiger partial charge in [-0.05, 0) is 52.0 Å². The lowest BCUT2D eigenvalue weighted by atomic mass is 9.66. The van der Waals surface area contributed by atoms with Crippen molar-refractivity contribution in [2.75, 3.05) is 6.61 Å². The van der Waals surface area contributed by atoms with E-state index in [2.05, 4.69) is 10.6 Å². The number of hydrogen-bond acceptors (Lipinski definition) is 5. The number of benzene rings is 1. The minimum Gasteiger partial charge on any atom is -0.394 e. The second kappa shape index (κ2) is 8.89. The molecule has 0 aromatic heterocycles. The Morgan fingerprint density at radius 3 is 2.40 bits per heavy atom. The predicted octanol–water partition coefficient (Wildman–Crippen LogP) is 2.00. The molecule has 1 aromatic rings. The van der Waals surface area contributed by atoms with Crippen LogP contribution in [0.3, 0.4) is 0 Å². The Bertz CT molecular complexity index is 990. The number of carbonyl (C=O) groups excluding carboxylic acids is 3. The van der Waals surface area contributed by atoms with Gasteiger partial charge in [0.1, 0.15) is 11.6 Å². The zero-order valence-corrected chi connectivity index (χ0v) is 21.6. The summed E-state index contributed by atoms with van der Waals surface area (Å²) in [6, 6.07) is 8.15. The van der Waals surface area contributed by atoms with E-state index in [0.29, 0.717) is 19.4 Å². The molecule has 2 bridgehead atoms. The Morgan fingerprint density at radius 1 is 1.17 bits per heavy atom. The van der Waals surface area contributed by atoms with Gasteiger partial charge in [0, 0.05) is 12.1 Å². The predicted molar refractivity (Wildman–Crippen MR) is 131 cm³/mol. The standard InChI is InChI=1S/C27H39N3O5/c1-16(2)18(15-31)30-21(23(33)29-25(3,4)5)27-13-12-26(6,35-27)19(20(27)24(30)34)22(32)28-14-17-10-8-7-9-11-17/h7-11,16,18-21,31H,12-15H2,1-6H3,(H,28,32)(H,29,33)/t18-,19+,20-,21?,26-,27?/m0/s1. The van der Waals surface area contributed by atoms with E-state index in [1.54, 1.807) is 0 Å². The zero-order valence-electron chi connectivity index (χ0n) is 21.6. The van der Waals surface area contributed by atoms with Crippen molar-refractivity contribution in [2.45, 2.75) is 89.8 Å². The van der Waals surface area contributed by atoms with E-state index in [1.165, 1.54) is 4.90 Å². The van der Waals surface area contributed by atoms with Crippen LogP contribution in [-0.4, -0.2) is 63.2 Å². The van der Waals surface area contributed by atoms with Gasteiger partial charge in [-0.3, -0.25) is 14.4 Å². The van der Waals surface area contributed by atoms with Crippen molar-refractivity contribution >= 4 is 17.7 Å². The van der Waals surface area contributed by atoms with Gasteiger partial charge in [-0.1, -0.05) is 44.2 Å². The van der Waals surface area contributed by atoms with Gasteiger partial charge in [-0.2, -0.15) is 0 Å². The Morgan fingerprint density at radius 2 is 1.83 bits per heavy atom. The van der Waals surface area contributed by atoms with Crippen LogP contribution in [0.2, 0.25) is 0 Å². The van der Waals surface area contributed by atoms with Gasteiger partial charge in [0.05, 0.1) is 30.1 Å². The molecule has 6 atom stereocenters. The third-order valence-electron chi connectivity index (χ3n) is 7.87. The molecule has 2 unspecified atom stereocenters. The van der Waals surface area contributed by atoms with E-state index in [9.17, 15) is 19.5 Å². The fourth-order valence-corrected chi connectivity index (χ4v) is 6.37. The van der Waals surface area contributed by atoms with Gasteiger partial charge in [0.25, 0.3) is 0 Å². The highest BCUT2D eigenvalue weighted by molar-refractivity contribution is 5.99. The zero-order chi connectivity index (χ0) is 25.8. The molecular weight excluding hydrogens is 446 g/mol. The van der Waals surface area contributed by atoms with E-state index < -0.39 is 40.7 Å². The molecule has 4 rings (SSSR count). The molecule has 0 aliphatic carbocycles. The normalized spacial score (nSPS) is 32.6. The fraction of sp³-hybridized carbons (Fsp3) is 0.667. The summed E-state index contributed by atoms with van der Waals surface area (Å²) < 4.78 is 6.61. The SMILES string of the molecule is CC(C)[C@H](CO)N1C(=O)[C@@H]2[C@H](C(=O)NCc3ccccc3)[C@]3(C)CCC2(O3)C1C(=O)NC(C)(C)C. The Labute approximate surface area is 207 Å². The van der Waals surface area contributed by atoms with Crippen molar-refractivity contribution in [3.05, 3.63) is 35.9 Å². The Balaban J connectivity index is 1.71. The average molecular weight is 486 g/mol. The lowest BCUT2D eigenvalue weighted by Crippen LogP contribution is -2.61. The molecule has 1 aromatic carbocycles. The Hall–Kier alpha value is -2.45. The highest BCUT2D eigenvalue weighted by Crippen LogP contribution is 2.63. The average Bonchev–Trinajstić information content (AvgIpc) is 3.33. The van der Waals surface area contributed by atoms with Crippen LogP contribution >= 0.6 is 0 Å². The third-order valence-corrected chi connectivity index (χ3v) is 7.87. The summed E-state index contributed by atoms with van der Waals surface area (Å²) in [5.41, 5.74) is -1.48. The first kappa shape index (κ1) is 25.6. The smallest absolute Gasteiger partial charge is 0.246 e. The third kappa shape index (κ3) is 4.25. The van der Waals surface area contributed by atoms with Crippen LogP contribution in [0.25, 0.3) is 0 Å². The van der Waals surface area contributed by atoms with Gasteiger partial charge in [0.15, 0.2) is 0 Å². The molecule has 3 saturated heterocycles. The number of carbonyl (C=O) groups is 3. The highest BCUT2D eigenvalue weighted by atomic mass is 16.5. The van der Waals surface area contributed by atoms with E-state index in [4.69, 9.17) is 4.74 Å². The number of hydrogen-bond donors (Lipinski definition) is 3. The summed E-state index contributed by atoms with van der Waals surface area (Å²) in [5, 5.41) is 16.3. The van der Waals surface area contributed by atoms with Gasteiger partial charge < -0.3 is 25.4 Å². The van der Waals surface area contributed by atoms with Crippen LogP contribution in [-0.2, 0) is 25.7 Å². The lowest BCUT2D eigenvalue weighted by Gasteiger charge is -2.39. The molecule has 3 amide bonds. The molecule has 3 fully saturated rings. The maximum Gasteiger partial charge on any atom is 0.246 e. The number of fused-ring (bicyclic) bond motifs is 1. The summed E-state index contributed by atoms with van der Waals surface area (Å²) in [4.78, 5) is 42.9. The monoisotopic (exact) mass is 485 g/mol. The van der Waals surface area contributed by atoms with E-state index in [0.717, 1.165) is 5.56 Å². The van der Waals surface area contributed by atoms with Crippen molar-refractivity contribution in [3.63, 3.8) is 0 Å². The summed E-state index contributed by atoms with van der Waals surface area (Å²) in [5.74, 6) is -2.40. The Kier molecular flexibility index (Phi) is 6.51. The maximum absolute atomic E-state index is 14.1. The van der Waals surface area contributed by atoms with Gasteiger partial charge >= 0.3 is 0 Å². The van der Waals surface area contributed by atoms with Crippen LogP contribution in [0.4, 0.5) is 0 Å². The molecule has 8 heteroatoms. The first-order valence-corrected chi connectivity index (χ1v) is 12.6. The fourth-order valence-electron chi connectivity index (χ4n) is 6.37. The number of likely N-dealkylation sites (tertiary alicyclic amines) is 1. The number of nitrogens with zero attached hydrogens (tertiary/aromatic N) is 1. The second-order valence-corrected chi connectivity index (χ2v) is 11.9. The van der Waals surface area contributed by atoms with E-state index >= 15 is 0 Å². The lowest BCUT2D eigenvalue weighted by molar-refractivity contribution is -0.151. The number of rotatable bonds is 7. The molecule has 35 heavy (non-hydrogen) atoms. The minimum atomic E-state index is -1.10. The van der Waals surface area contributed by atoms with Crippen LogP contribution < -0.4 is 10.6 Å². The molecule has 3 N–H and O–H groups in total. The summed E-state index contributed by atoms with van der Waals surface area (Å²) >= 11 is 0. The molecule has 3 aliphatic heterocycles. The van der Waals surface area contributed by atoms with Gasteiger partial charge in [-0.15, -0.1) is 0 Å². The number of aliphatic hydroxyl groups excluding tert-OH is 1. The number of aliphatic hydroxyl groups is 1. The molecular formula is C27H39N3O5. The van der Waals surface area contributed by atoms with Crippen LogP contribution in [0.5, 0.6) is 0 Å². The minimum absolute atomic E-state index is 0.0812. The van der Waals surface area contributed by atoms with Gasteiger partial charge in [0.2, 0.25) is 17.7 Å². The summed E-state index contributed by atoms with van der Waals surface area (Å²) in [6.45, 7) is 11.5. The number of ether oxygens (including phenoxy) is 1. The second-order valence-electron chi connectivity index (χ2n) is 11.9. The van der Waals surface area contributed by atoms with Crippen molar-refractivity contribution < 1.29 is 24.2 Å². The van der Waals surface area contributed by atoms with Crippen molar-refractivity contribution in [1.82, 2.24) is 15.5 Å². The number of amides is 3. The molecule has 8 nitrogen and oxygen atoms in total. The first-order valence-electron chi connectivity index (χ1n) is 12.6. The quantitative estimate of drug-likeness (QED) is 0.548. The van der Waals surface area contributed by atoms with Gasteiger partial charge in [-0.25, -0.2) is 0 Å². The van der Waals surface area contributed by atoms with E-state index in [1.807, 2.05) is 71.9 Å². The van der Waals surface area contributed by atoms with Crippen LogP contribution in [0.15, 0.2) is 30.3 Å². The molecule has 0 radical (unpaired) electrons. The van der Waals surface area contributed by atoms with Crippen molar-refractivity contribution in [1.29, 1.82) is 0 Å². The van der Waals surface area contributed by atoms with Crippen molar-refractivity contribution in [2.24, 2.45) is 17.8 Å². The molecule has 3 heterocycles. The summed E-state index contributed by atoms with van der Waals surface area (Å²) in [6.07, 6.45) is 1.09. The first-order chi connectivity index (χ1) is 16.3.